The number of hydrogen-bond acceptors (Lipinski definition) is 3. The molecule has 1 aromatic carbocycles. The maximum atomic E-state index is 11.7. The van der Waals surface area contributed by atoms with Crippen molar-refractivity contribution >= 4 is 21.6 Å². The summed E-state index contributed by atoms with van der Waals surface area (Å²) in [6, 6.07) is 4.94. The largest absolute Gasteiger partial charge is 0.352 e. The summed E-state index contributed by atoms with van der Waals surface area (Å²) in [5.74, 6) is -0.216. The first kappa shape index (κ1) is 14.5. The van der Waals surface area contributed by atoms with Crippen molar-refractivity contribution in [3.63, 3.8) is 0 Å². The van der Waals surface area contributed by atoms with Crippen LogP contribution in [0.1, 0.15) is 29.8 Å². The molecule has 0 saturated heterocycles. The smallest absolute Gasteiger partial charge is 0.251 e. The Balaban J connectivity index is 3.06. The molecule has 0 unspecified atom stereocenters. The molecule has 2 N–H and O–H groups in total. The predicted molar refractivity (Wildman–Crippen MR) is 72.3 cm³/mol. The summed E-state index contributed by atoms with van der Waals surface area (Å²) in [4.78, 5) is 11.7. The van der Waals surface area contributed by atoms with Crippen LogP contribution in [0.5, 0.6) is 0 Å². The molecule has 0 atom stereocenters. The number of hydrogen-bond donors (Lipinski definition) is 2. The lowest BCUT2D eigenvalue weighted by Gasteiger charge is -2.11. The Hall–Kier alpha value is -1.56. The first-order valence-electron chi connectivity index (χ1n) is 5.79. The first-order valence-corrected chi connectivity index (χ1v) is 7.44. The predicted octanol–water partition coefficient (Wildman–Crippen LogP) is 1.51. The van der Waals surface area contributed by atoms with E-state index in [1.807, 2.05) is 6.92 Å². The zero-order chi connectivity index (χ0) is 13.8. The fourth-order valence-corrected chi connectivity index (χ4v) is 2.07. The average molecular weight is 270 g/mol. The van der Waals surface area contributed by atoms with Crippen molar-refractivity contribution < 1.29 is 13.2 Å². The molecule has 6 heteroatoms. The minimum absolute atomic E-state index is 0.00216. The van der Waals surface area contributed by atoms with Gasteiger partial charge in [0.05, 0.1) is 11.4 Å². The van der Waals surface area contributed by atoms with Gasteiger partial charge in [-0.15, -0.1) is 0 Å². The topological polar surface area (TPSA) is 75.3 Å². The van der Waals surface area contributed by atoms with Gasteiger partial charge in [-0.25, -0.2) is 8.42 Å². The second-order valence-electron chi connectivity index (χ2n) is 3.89. The summed E-state index contributed by atoms with van der Waals surface area (Å²) in [5, 5.41) is 2.67. The van der Waals surface area contributed by atoms with Gasteiger partial charge in [0.25, 0.3) is 5.91 Å². The van der Waals surface area contributed by atoms with Gasteiger partial charge in [-0.1, -0.05) is 6.07 Å². The highest BCUT2D eigenvalue weighted by atomic mass is 32.2. The number of carbonyl (C=O) groups is 1. The minimum atomic E-state index is -3.33. The monoisotopic (exact) mass is 270 g/mol. The number of sulfonamides is 1. The SMILES string of the molecule is CCNC(=O)c1ccc(C)c(NS(=O)(=O)CC)c1. The highest BCUT2D eigenvalue weighted by molar-refractivity contribution is 7.92. The van der Waals surface area contributed by atoms with Gasteiger partial charge in [0.15, 0.2) is 0 Å². The zero-order valence-electron chi connectivity index (χ0n) is 10.8. The van der Waals surface area contributed by atoms with Crippen molar-refractivity contribution in [2.45, 2.75) is 20.8 Å². The standard InChI is InChI=1S/C12H18N2O3S/c1-4-13-12(15)10-7-6-9(3)11(8-10)14-18(16,17)5-2/h6-8,14H,4-5H2,1-3H3,(H,13,15). The van der Waals surface area contributed by atoms with Crippen LogP contribution in [0.15, 0.2) is 18.2 Å². The molecule has 1 aromatic rings. The Bertz CT molecular complexity index is 538. The van der Waals surface area contributed by atoms with Crippen molar-refractivity contribution in [1.82, 2.24) is 5.32 Å². The summed E-state index contributed by atoms with van der Waals surface area (Å²) in [6.45, 7) is 5.70. The van der Waals surface area contributed by atoms with Gasteiger partial charge in [-0.3, -0.25) is 9.52 Å². The molecule has 0 aromatic heterocycles. The van der Waals surface area contributed by atoms with E-state index in [0.717, 1.165) is 5.56 Å². The van der Waals surface area contributed by atoms with Crippen LogP contribution in [-0.4, -0.2) is 26.6 Å². The number of rotatable bonds is 5. The molecule has 0 heterocycles. The fourth-order valence-electron chi connectivity index (χ4n) is 1.38. The number of carbonyl (C=O) groups excluding carboxylic acids is 1. The van der Waals surface area contributed by atoms with Crippen LogP contribution in [0, 0.1) is 6.92 Å². The maximum absolute atomic E-state index is 11.7. The third kappa shape index (κ3) is 3.73. The van der Waals surface area contributed by atoms with Crippen LogP contribution in [0.2, 0.25) is 0 Å². The van der Waals surface area contributed by atoms with Crippen molar-refractivity contribution in [3.05, 3.63) is 29.3 Å². The van der Waals surface area contributed by atoms with Gasteiger partial charge in [-0.2, -0.15) is 0 Å². The highest BCUT2D eigenvalue weighted by Gasteiger charge is 2.11. The Labute approximate surface area is 108 Å². The molecule has 0 fully saturated rings. The number of anilines is 1. The summed E-state index contributed by atoms with van der Waals surface area (Å²) < 4.78 is 25.5. The van der Waals surface area contributed by atoms with Crippen LogP contribution in [0.25, 0.3) is 0 Å². The van der Waals surface area contributed by atoms with Gasteiger partial charge in [0.1, 0.15) is 0 Å². The van der Waals surface area contributed by atoms with Crippen molar-refractivity contribution in [2.75, 3.05) is 17.0 Å². The lowest BCUT2D eigenvalue weighted by molar-refractivity contribution is 0.0956. The molecule has 0 radical (unpaired) electrons. The number of aryl methyl sites for hydroxylation is 1. The molecule has 0 aliphatic carbocycles. The lowest BCUT2D eigenvalue weighted by atomic mass is 10.1. The first-order chi connectivity index (χ1) is 8.39. The van der Waals surface area contributed by atoms with Crippen molar-refractivity contribution in [1.29, 1.82) is 0 Å². The van der Waals surface area contributed by atoms with E-state index in [4.69, 9.17) is 0 Å². The Morgan fingerprint density at radius 2 is 1.94 bits per heavy atom. The highest BCUT2D eigenvalue weighted by Crippen LogP contribution is 2.18. The Kier molecular flexibility index (Phi) is 4.72. The number of benzene rings is 1. The molecular weight excluding hydrogens is 252 g/mol. The molecular formula is C12H18N2O3S. The molecule has 0 spiro atoms. The van der Waals surface area contributed by atoms with Crippen LogP contribution < -0.4 is 10.0 Å². The molecule has 0 bridgehead atoms. The second kappa shape index (κ2) is 5.86. The maximum Gasteiger partial charge on any atom is 0.251 e. The van der Waals surface area contributed by atoms with E-state index in [1.54, 1.807) is 32.0 Å². The van der Waals surface area contributed by atoms with E-state index < -0.39 is 10.0 Å². The minimum Gasteiger partial charge on any atom is -0.352 e. The number of amides is 1. The molecule has 1 amide bonds. The van der Waals surface area contributed by atoms with E-state index in [9.17, 15) is 13.2 Å². The summed E-state index contributed by atoms with van der Waals surface area (Å²) in [7, 11) is -3.33. The molecule has 0 aliphatic rings. The zero-order valence-corrected chi connectivity index (χ0v) is 11.6. The summed E-state index contributed by atoms with van der Waals surface area (Å²) in [5.41, 5.74) is 1.66. The van der Waals surface area contributed by atoms with E-state index in [2.05, 4.69) is 10.0 Å². The average Bonchev–Trinajstić information content (AvgIpc) is 2.32. The molecule has 5 nitrogen and oxygen atoms in total. The molecule has 0 aliphatic heterocycles. The van der Waals surface area contributed by atoms with Gasteiger partial charge in [0, 0.05) is 12.1 Å². The summed E-state index contributed by atoms with van der Waals surface area (Å²) in [6.07, 6.45) is 0. The van der Waals surface area contributed by atoms with Gasteiger partial charge in [-0.05, 0) is 38.5 Å². The number of nitrogens with one attached hydrogen (secondary N) is 2. The van der Waals surface area contributed by atoms with Crippen molar-refractivity contribution in [3.8, 4) is 0 Å². The third-order valence-corrected chi connectivity index (χ3v) is 3.77. The molecule has 0 saturated carbocycles. The van der Waals surface area contributed by atoms with Crippen molar-refractivity contribution in [2.24, 2.45) is 0 Å². The van der Waals surface area contributed by atoms with Crippen LogP contribution in [0.3, 0.4) is 0 Å². The quantitative estimate of drug-likeness (QED) is 0.851. The van der Waals surface area contributed by atoms with Crippen LogP contribution >= 0.6 is 0 Å². The fraction of sp³-hybridized carbons (Fsp3) is 0.417. The van der Waals surface area contributed by atoms with E-state index in [-0.39, 0.29) is 11.7 Å². The van der Waals surface area contributed by atoms with E-state index in [0.29, 0.717) is 17.8 Å². The summed E-state index contributed by atoms with van der Waals surface area (Å²) >= 11 is 0. The van der Waals surface area contributed by atoms with Crippen LogP contribution in [-0.2, 0) is 10.0 Å². The Morgan fingerprint density at radius 3 is 2.50 bits per heavy atom. The second-order valence-corrected chi connectivity index (χ2v) is 5.91. The van der Waals surface area contributed by atoms with E-state index in [1.165, 1.54) is 0 Å². The Morgan fingerprint density at radius 1 is 1.28 bits per heavy atom. The lowest BCUT2D eigenvalue weighted by Crippen LogP contribution is -2.23. The third-order valence-electron chi connectivity index (χ3n) is 2.48. The van der Waals surface area contributed by atoms with Crippen LogP contribution in [0.4, 0.5) is 5.69 Å². The normalized spacial score (nSPS) is 11.1. The van der Waals surface area contributed by atoms with Gasteiger partial charge >= 0.3 is 0 Å². The van der Waals surface area contributed by atoms with E-state index >= 15 is 0 Å². The molecule has 18 heavy (non-hydrogen) atoms. The van der Waals surface area contributed by atoms with Gasteiger partial charge < -0.3 is 5.32 Å². The molecule has 1 rings (SSSR count). The molecule has 100 valence electrons. The van der Waals surface area contributed by atoms with Gasteiger partial charge in [0.2, 0.25) is 10.0 Å².